The Labute approximate surface area is 139 Å². The maximum Gasteiger partial charge on any atom is 0.159 e. The van der Waals surface area contributed by atoms with Crippen LogP contribution in [0.15, 0.2) is 54.9 Å². The summed E-state index contributed by atoms with van der Waals surface area (Å²) in [6.07, 6.45) is 3.55. The molecular weight excluding hydrogens is 305 g/mol. The number of benzene rings is 2. The molecule has 2 aromatic carbocycles. The molecule has 0 bridgehead atoms. The van der Waals surface area contributed by atoms with Crippen molar-refractivity contribution in [1.82, 2.24) is 9.97 Å². The minimum absolute atomic E-state index is 0.00445. The van der Waals surface area contributed by atoms with E-state index in [0.717, 1.165) is 16.7 Å². The fourth-order valence-electron chi connectivity index (χ4n) is 2.13. The first-order valence-corrected chi connectivity index (χ1v) is 7.36. The highest BCUT2D eigenvalue weighted by Crippen LogP contribution is 2.19. The summed E-state index contributed by atoms with van der Waals surface area (Å²) in [5.74, 6) is 0.474. The Morgan fingerprint density at radius 2 is 1.79 bits per heavy atom. The molecule has 3 rings (SSSR count). The number of hydrogen-bond donors (Lipinski definition) is 0. The molecule has 118 valence electrons. The highest BCUT2D eigenvalue weighted by molar-refractivity contribution is 5.55. The molecule has 0 aliphatic rings. The lowest BCUT2D eigenvalue weighted by Crippen LogP contribution is -1.97. The van der Waals surface area contributed by atoms with Crippen molar-refractivity contribution in [2.75, 3.05) is 0 Å². The number of hydrogen-bond acceptors (Lipinski definition) is 4. The zero-order chi connectivity index (χ0) is 16.9. The van der Waals surface area contributed by atoms with Gasteiger partial charge in [-0.15, -0.1) is 0 Å². The lowest BCUT2D eigenvalue weighted by molar-refractivity contribution is 0.304. The molecule has 0 amide bonds. The van der Waals surface area contributed by atoms with Gasteiger partial charge >= 0.3 is 0 Å². The molecule has 1 heterocycles. The van der Waals surface area contributed by atoms with Gasteiger partial charge in [-0.1, -0.05) is 24.3 Å². The summed E-state index contributed by atoms with van der Waals surface area (Å²) in [4.78, 5) is 8.57. The summed E-state index contributed by atoms with van der Waals surface area (Å²) in [6.45, 7) is 2.25. The van der Waals surface area contributed by atoms with Gasteiger partial charge in [-0.25, -0.2) is 14.4 Å². The van der Waals surface area contributed by atoms with Gasteiger partial charge in [0.1, 0.15) is 24.2 Å². The van der Waals surface area contributed by atoms with Crippen LogP contribution in [0, 0.1) is 24.1 Å². The summed E-state index contributed by atoms with van der Waals surface area (Å²) in [5, 5.41) is 8.71. The molecule has 0 radical (unpaired) electrons. The minimum Gasteiger partial charge on any atom is -0.489 e. The lowest BCUT2D eigenvalue weighted by Gasteiger charge is -2.07. The second-order valence-electron chi connectivity index (χ2n) is 5.32. The van der Waals surface area contributed by atoms with Crippen molar-refractivity contribution < 1.29 is 9.13 Å². The van der Waals surface area contributed by atoms with Gasteiger partial charge in [0, 0.05) is 24.0 Å². The number of nitriles is 1. The van der Waals surface area contributed by atoms with Gasteiger partial charge in [0.05, 0.1) is 5.56 Å². The van der Waals surface area contributed by atoms with Crippen molar-refractivity contribution in [3.8, 4) is 23.2 Å². The largest absolute Gasteiger partial charge is 0.489 e. The van der Waals surface area contributed by atoms with E-state index in [1.54, 1.807) is 24.5 Å². The van der Waals surface area contributed by atoms with Gasteiger partial charge in [-0.2, -0.15) is 5.26 Å². The Hall–Kier alpha value is -3.26. The number of halogens is 1. The SMILES string of the molecule is Cc1cnc(-c2ccc(COc3ccc(C#N)c(F)c3)cc2)nc1. The van der Waals surface area contributed by atoms with Crippen molar-refractivity contribution in [1.29, 1.82) is 5.26 Å². The predicted octanol–water partition coefficient (Wildman–Crippen LogP) is 4.04. The van der Waals surface area contributed by atoms with Gasteiger partial charge in [0.25, 0.3) is 0 Å². The van der Waals surface area contributed by atoms with E-state index in [4.69, 9.17) is 10.00 Å². The summed E-state index contributed by atoms with van der Waals surface area (Å²) in [5.41, 5.74) is 2.88. The monoisotopic (exact) mass is 319 g/mol. The van der Waals surface area contributed by atoms with Crippen LogP contribution in [0.1, 0.15) is 16.7 Å². The average molecular weight is 319 g/mol. The van der Waals surface area contributed by atoms with E-state index in [2.05, 4.69) is 9.97 Å². The predicted molar refractivity (Wildman–Crippen MR) is 87.7 cm³/mol. The average Bonchev–Trinajstić information content (AvgIpc) is 2.61. The maximum absolute atomic E-state index is 13.5. The molecule has 0 atom stereocenters. The first kappa shape index (κ1) is 15.6. The molecule has 0 saturated heterocycles. The molecule has 0 saturated carbocycles. The van der Waals surface area contributed by atoms with Gasteiger partial charge in [0.2, 0.25) is 0 Å². The second kappa shape index (κ2) is 6.88. The second-order valence-corrected chi connectivity index (χ2v) is 5.32. The van der Waals surface area contributed by atoms with Crippen molar-refractivity contribution >= 4 is 0 Å². The van der Waals surface area contributed by atoms with Crippen LogP contribution in [-0.2, 0) is 6.61 Å². The third-order valence-corrected chi connectivity index (χ3v) is 3.46. The van der Waals surface area contributed by atoms with Crippen LogP contribution in [0.5, 0.6) is 5.75 Å². The molecule has 0 N–H and O–H groups in total. The fourth-order valence-corrected chi connectivity index (χ4v) is 2.13. The van der Waals surface area contributed by atoms with E-state index in [0.29, 0.717) is 18.2 Å². The summed E-state index contributed by atoms with van der Waals surface area (Å²) in [7, 11) is 0. The Kier molecular flexibility index (Phi) is 4.48. The van der Waals surface area contributed by atoms with E-state index in [1.165, 1.54) is 12.1 Å². The Bertz CT molecular complexity index is 884. The van der Waals surface area contributed by atoms with Gasteiger partial charge in [-0.05, 0) is 30.2 Å². The maximum atomic E-state index is 13.5. The highest BCUT2D eigenvalue weighted by Gasteiger charge is 2.05. The molecule has 24 heavy (non-hydrogen) atoms. The standard InChI is InChI=1S/C19H14FN3O/c1-13-10-22-19(23-11-13)15-4-2-14(3-5-15)12-24-17-7-6-16(9-21)18(20)8-17/h2-8,10-11H,12H2,1H3. The molecule has 5 heteroatoms. The Morgan fingerprint density at radius 1 is 1.08 bits per heavy atom. The highest BCUT2D eigenvalue weighted by atomic mass is 19.1. The van der Waals surface area contributed by atoms with Crippen molar-refractivity contribution in [3.63, 3.8) is 0 Å². The molecule has 0 aliphatic carbocycles. The summed E-state index contributed by atoms with van der Waals surface area (Å²) in [6, 6.07) is 13.6. The van der Waals surface area contributed by atoms with Gasteiger partial charge in [-0.3, -0.25) is 0 Å². The summed E-state index contributed by atoms with van der Waals surface area (Å²) < 4.78 is 19.1. The molecule has 0 spiro atoms. The van der Waals surface area contributed by atoms with Crippen LogP contribution in [0.3, 0.4) is 0 Å². The number of rotatable bonds is 4. The Balaban J connectivity index is 1.67. The van der Waals surface area contributed by atoms with E-state index in [9.17, 15) is 4.39 Å². The normalized spacial score (nSPS) is 10.2. The molecule has 4 nitrogen and oxygen atoms in total. The zero-order valence-electron chi connectivity index (χ0n) is 13.0. The fraction of sp³-hybridized carbons (Fsp3) is 0.105. The van der Waals surface area contributed by atoms with Crippen LogP contribution < -0.4 is 4.74 Å². The van der Waals surface area contributed by atoms with Crippen molar-refractivity contribution in [3.05, 3.63) is 77.4 Å². The first-order chi connectivity index (χ1) is 11.7. The molecule has 1 aromatic heterocycles. The van der Waals surface area contributed by atoms with E-state index >= 15 is 0 Å². The van der Waals surface area contributed by atoms with Crippen molar-refractivity contribution in [2.45, 2.75) is 13.5 Å². The van der Waals surface area contributed by atoms with E-state index < -0.39 is 5.82 Å². The van der Waals surface area contributed by atoms with E-state index in [-0.39, 0.29) is 5.56 Å². The van der Waals surface area contributed by atoms with Crippen LogP contribution in [-0.4, -0.2) is 9.97 Å². The van der Waals surface area contributed by atoms with Crippen LogP contribution >= 0.6 is 0 Å². The zero-order valence-corrected chi connectivity index (χ0v) is 13.0. The molecule has 0 unspecified atom stereocenters. The van der Waals surface area contributed by atoms with Crippen LogP contribution in [0.25, 0.3) is 11.4 Å². The molecular formula is C19H14FN3O. The quantitative estimate of drug-likeness (QED) is 0.728. The molecule has 0 aliphatic heterocycles. The summed E-state index contributed by atoms with van der Waals surface area (Å²) >= 11 is 0. The van der Waals surface area contributed by atoms with Gasteiger partial charge in [0.15, 0.2) is 5.82 Å². The third-order valence-electron chi connectivity index (χ3n) is 3.46. The lowest BCUT2D eigenvalue weighted by atomic mass is 10.1. The number of aryl methyl sites for hydroxylation is 1. The first-order valence-electron chi connectivity index (χ1n) is 7.36. The van der Waals surface area contributed by atoms with E-state index in [1.807, 2.05) is 31.2 Å². The number of nitrogens with zero attached hydrogens (tertiary/aromatic N) is 3. The van der Waals surface area contributed by atoms with Gasteiger partial charge < -0.3 is 4.74 Å². The van der Waals surface area contributed by atoms with Crippen molar-refractivity contribution in [2.24, 2.45) is 0 Å². The number of ether oxygens (including phenoxy) is 1. The van der Waals surface area contributed by atoms with Crippen LogP contribution in [0.2, 0.25) is 0 Å². The molecule has 0 fully saturated rings. The third kappa shape index (κ3) is 3.55. The molecule has 3 aromatic rings. The minimum atomic E-state index is -0.582. The number of aromatic nitrogens is 2. The Morgan fingerprint density at radius 3 is 2.42 bits per heavy atom. The van der Waals surface area contributed by atoms with Crippen LogP contribution in [0.4, 0.5) is 4.39 Å². The topological polar surface area (TPSA) is 58.8 Å². The smallest absolute Gasteiger partial charge is 0.159 e.